The fourth-order valence-electron chi connectivity index (χ4n) is 2.22. The van der Waals surface area contributed by atoms with E-state index in [2.05, 4.69) is 18.7 Å². The van der Waals surface area contributed by atoms with Crippen LogP contribution in [0.15, 0.2) is 42.5 Å². The number of hydrogen-bond acceptors (Lipinski definition) is 2. The number of aliphatic hydroxyl groups is 1. The van der Waals surface area contributed by atoms with Gasteiger partial charge in [-0.1, -0.05) is 42.5 Å². The third kappa shape index (κ3) is 2.34. The lowest BCUT2D eigenvalue weighted by molar-refractivity contribution is -0.0806. The van der Waals surface area contributed by atoms with E-state index in [1.807, 2.05) is 25.1 Å². The standard InChI is InChI=1S/C14H18O2/c1-10(2)12-8-14(16-9-13(12)15)11-6-4-3-5-7-11/h3-7,12-15H,1,8-9H2,2H3/t12-,13+,14+/m1/s1. The molecule has 0 saturated carbocycles. The molecule has 1 aromatic rings. The van der Waals surface area contributed by atoms with Gasteiger partial charge in [0.15, 0.2) is 0 Å². The summed E-state index contributed by atoms with van der Waals surface area (Å²) in [6, 6.07) is 10.2. The van der Waals surface area contributed by atoms with Crippen LogP contribution >= 0.6 is 0 Å². The van der Waals surface area contributed by atoms with Crippen LogP contribution in [0.1, 0.15) is 25.0 Å². The van der Waals surface area contributed by atoms with Gasteiger partial charge in [0.2, 0.25) is 0 Å². The normalized spacial score (nSPS) is 30.0. The molecule has 16 heavy (non-hydrogen) atoms. The average molecular weight is 218 g/mol. The molecule has 2 rings (SSSR count). The summed E-state index contributed by atoms with van der Waals surface area (Å²) in [7, 11) is 0. The Kier molecular flexibility index (Phi) is 3.42. The second-order valence-corrected chi connectivity index (χ2v) is 4.49. The maximum absolute atomic E-state index is 9.82. The summed E-state index contributed by atoms with van der Waals surface area (Å²) >= 11 is 0. The third-order valence-electron chi connectivity index (χ3n) is 3.20. The Hall–Kier alpha value is -1.12. The predicted molar refractivity (Wildman–Crippen MR) is 64.1 cm³/mol. The number of aliphatic hydroxyl groups excluding tert-OH is 1. The highest BCUT2D eigenvalue weighted by Gasteiger charge is 2.30. The van der Waals surface area contributed by atoms with Gasteiger partial charge in [0.05, 0.1) is 18.8 Å². The smallest absolute Gasteiger partial charge is 0.0839 e. The van der Waals surface area contributed by atoms with E-state index in [4.69, 9.17) is 4.74 Å². The van der Waals surface area contributed by atoms with Crippen LogP contribution in [0.5, 0.6) is 0 Å². The molecule has 3 atom stereocenters. The molecule has 86 valence electrons. The molecule has 0 aromatic heterocycles. The summed E-state index contributed by atoms with van der Waals surface area (Å²) in [5.41, 5.74) is 2.22. The molecule has 1 N–H and O–H groups in total. The SMILES string of the molecule is C=C(C)[C@H]1C[C@@H](c2ccccc2)OC[C@@H]1O. The van der Waals surface area contributed by atoms with Gasteiger partial charge in [-0.15, -0.1) is 0 Å². The number of hydrogen-bond donors (Lipinski definition) is 1. The molecule has 2 nitrogen and oxygen atoms in total. The fraction of sp³-hybridized carbons (Fsp3) is 0.429. The molecule has 0 spiro atoms. The summed E-state index contributed by atoms with van der Waals surface area (Å²) in [6.07, 6.45) is 0.504. The third-order valence-corrected chi connectivity index (χ3v) is 3.20. The molecular weight excluding hydrogens is 200 g/mol. The predicted octanol–water partition coefficient (Wildman–Crippen LogP) is 2.70. The van der Waals surface area contributed by atoms with Gasteiger partial charge in [0.1, 0.15) is 0 Å². The van der Waals surface area contributed by atoms with Gasteiger partial charge in [0.25, 0.3) is 0 Å². The molecular formula is C14H18O2. The molecule has 1 fully saturated rings. The van der Waals surface area contributed by atoms with E-state index in [0.717, 1.165) is 12.0 Å². The highest BCUT2D eigenvalue weighted by Crippen LogP contribution is 2.34. The number of rotatable bonds is 2. The van der Waals surface area contributed by atoms with Crippen molar-refractivity contribution in [2.24, 2.45) is 5.92 Å². The molecule has 1 heterocycles. The van der Waals surface area contributed by atoms with Crippen molar-refractivity contribution in [3.05, 3.63) is 48.0 Å². The topological polar surface area (TPSA) is 29.5 Å². The Morgan fingerprint density at radius 3 is 2.69 bits per heavy atom. The zero-order valence-corrected chi connectivity index (χ0v) is 9.60. The Morgan fingerprint density at radius 2 is 2.06 bits per heavy atom. The Bertz CT molecular complexity index is 358. The van der Waals surface area contributed by atoms with Crippen molar-refractivity contribution in [1.29, 1.82) is 0 Å². The first-order valence-electron chi connectivity index (χ1n) is 5.68. The van der Waals surface area contributed by atoms with Crippen molar-refractivity contribution < 1.29 is 9.84 Å². The highest BCUT2D eigenvalue weighted by molar-refractivity contribution is 5.19. The Labute approximate surface area is 96.6 Å². The van der Waals surface area contributed by atoms with Crippen molar-refractivity contribution in [2.45, 2.75) is 25.6 Å². The van der Waals surface area contributed by atoms with Crippen LogP contribution in [-0.2, 0) is 4.74 Å². The van der Waals surface area contributed by atoms with Crippen molar-refractivity contribution >= 4 is 0 Å². The summed E-state index contributed by atoms with van der Waals surface area (Å²) in [6.45, 7) is 6.32. The summed E-state index contributed by atoms with van der Waals surface area (Å²) in [5, 5.41) is 9.82. The molecule has 1 aromatic carbocycles. The highest BCUT2D eigenvalue weighted by atomic mass is 16.5. The number of benzene rings is 1. The van der Waals surface area contributed by atoms with Crippen molar-refractivity contribution in [2.75, 3.05) is 6.61 Å². The van der Waals surface area contributed by atoms with Crippen LogP contribution in [0.25, 0.3) is 0 Å². The van der Waals surface area contributed by atoms with E-state index in [-0.39, 0.29) is 12.0 Å². The minimum absolute atomic E-state index is 0.0892. The van der Waals surface area contributed by atoms with Gasteiger partial charge >= 0.3 is 0 Å². The second-order valence-electron chi connectivity index (χ2n) is 4.49. The monoisotopic (exact) mass is 218 g/mol. The van der Waals surface area contributed by atoms with Crippen LogP contribution in [0.3, 0.4) is 0 Å². The van der Waals surface area contributed by atoms with E-state index < -0.39 is 6.10 Å². The second kappa shape index (κ2) is 4.81. The lowest BCUT2D eigenvalue weighted by Gasteiger charge is -2.34. The minimum Gasteiger partial charge on any atom is -0.390 e. The molecule has 0 radical (unpaired) electrons. The van der Waals surface area contributed by atoms with Crippen molar-refractivity contribution in [1.82, 2.24) is 0 Å². The van der Waals surface area contributed by atoms with Crippen LogP contribution in [0.4, 0.5) is 0 Å². The van der Waals surface area contributed by atoms with Crippen LogP contribution in [0.2, 0.25) is 0 Å². The van der Waals surface area contributed by atoms with Crippen LogP contribution in [-0.4, -0.2) is 17.8 Å². The molecule has 2 heteroatoms. The van der Waals surface area contributed by atoms with Gasteiger partial charge in [-0.2, -0.15) is 0 Å². The molecule has 1 aliphatic heterocycles. The number of ether oxygens (including phenoxy) is 1. The van der Waals surface area contributed by atoms with Gasteiger partial charge in [0, 0.05) is 5.92 Å². The maximum atomic E-state index is 9.82. The molecule has 1 saturated heterocycles. The van der Waals surface area contributed by atoms with Crippen molar-refractivity contribution in [3.63, 3.8) is 0 Å². The first-order valence-corrected chi connectivity index (χ1v) is 5.68. The van der Waals surface area contributed by atoms with Crippen LogP contribution < -0.4 is 0 Å². The Balaban J connectivity index is 2.12. The quantitative estimate of drug-likeness (QED) is 0.773. The lowest BCUT2D eigenvalue weighted by Crippen LogP contribution is -2.34. The van der Waals surface area contributed by atoms with Crippen LogP contribution in [0, 0.1) is 5.92 Å². The summed E-state index contributed by atoms with van der Waals surface area (Å²) in [4.78, 5) is 0. The first-order chi connectivity index (χ1) is 7.68. The zero-order valence-electron chi connectivity index (χ0n) is 9.60. The molecule has 0 unspecified atom stereocenters. The van der Waals surface area contributed by atoms with E-state index in [9.17, 15) is 5.11 Å². The maximum Gasteiger partial charge on any atom is 0.0839 e. The van der Waals surface area contributed by atoms with Gasteiger partial charge < -0.3 is 9.84 Å². The van der Waals surface area contributed by atoms with Gasteiger partial charge in [-0.3, -0.25) is 0 Å². The molecule has 0 aliphatic carbocycles. The van der Waals surface area contributed by atoms with Gasteiger partial charge in [-0.25, -0.2) is 0 Å². The summed E-state index contributed by atoms with van der Waals surface area (Å²) < 4.78 is 5.67. The van der Waals surface area contributed by atoms with E-state index >= 15 is 0 Å². The first kappa shape index (κ1) is 11.4. The van der Waals surface area contributed by atoms with Gasteiger partial charge in [-0.05, 0) is 18.9 Å². The average Bonchev–Trinajstić information content (AvgIpc) is 2.30. The summed E-state index contributed by atoms with van der Waals surface area (Å²) in [5.74, 6) is 0.152. The van der Waals surface area contributed by atoms with E-state index in [1.54, 1.807) is 0 Å². The fourth-order valence-corrected chi connectivity index (χ4v) is 2.22. The minimum atomic E-state index is -0.405. The largest absolute Gasteiger partial charge is 0.390 e. The Morgan fingerprint density at radius 1 is 1.38 bits per heavy atom. The zero-order chi connectivity index (χ0) is 11.5. The van der Waals surface area contributed by atoms with Crippen molar-refractivity contribution in [3.8, 4) is 0 Å². The van der Waals surface area contributed by atoms with E-state index in [1.165, 1.54) is 5.56 Å². The van der Waals surface area contributed by atoms with E-state index in [0.29, 0.717) is 6.61 Å². The molecule has 0 bridgehead atoms. The molecule has 0 amide bonds. The lowest BCUT2D eigenvalue weighted by atomic mass is 9.86. The molecule has 1 aliphatic rings.